The first-order valence-electron chi connectivity index (χ1n) is 8.45. The minimum absolute atomic E-state index is 0.176. The standard InChI is InChI=1S/C20H21N3O3S/c1-12(15-11-14(25-3)8-9-17(15)26-4)22-19(24)18-13(2)23-20(27-18)16-7-5-6-10-21-16/h5-12H,1-4H3,(H,22,24)/t12-/m1/s1. The zero-order chi connectivity index (χ0) is 19.4. The van der Waals surface area contributed by atoms with Crippen LogP contribution < -0.4 is 14.8 Å². The average molecular weight is 383 g/mol. The number of nitrogens with one attached hydrogen (secondary N) is 1. The number of carbonyl (C=O) groups excluding carboxylic acids is 1. The van der Waals surface area contributed by atoms with Crippen molar-refractivity contribution in [2.45, 2.75) is 19.9 Å². The maximum absolute atomic E-state index is 12.8. The van der Waals surface area contributed by atoms with E-state index in [9.17, 15) is 4.79 Å². The van der Waals surface area contributed by atoms with E-state index in [1.807, 2.05) is 50.2 Å². The van der Waals surface area contributed by atoms with E-state index in [1.165, 1.54) is 11.3 Å². The molecule has 0 spiro atoms. The number of amides is 1. The van der Waals surface area contributed by atoms with Crippen molar-refractivity contribution in [3.8, 4) is 22.2 Å². The van der Waals surface area contributed by atoms with Crippen LogP contribution in [0.4, 0.5) is 0 Å². The third-order valence-electron chi connectivity index (χ3n) is 4.14. The second kappa shape index (κ2) is 8.18. The van der Waals surface area contributed by atoms with Crippen LogP contribution in [-0.4, -0.2) is 30.1 Å². The highest BCUT2D eigenvalue weighted by Gasteiger charge is 2.20. The summed E-state index contributed by atoms with van der Waals surface area (Å²) >= 11 is 1.33. The molecule has 1 amide bonds. The minimum Gasteiger partial charge on any atom is -0.497 e. The number of rotatable bonds is 6. The van der Waals surface area contributed by atoms with Gasteiger partial charge in [-0.2, -0.15) is 0 Å². The van der Waals surface area contributed by atoms with Gasteiger partial charge in [-0.15, -0.1) is 11.3 Å². The Morgan fingerprint density at radius 2 is 2.00 bits per heavy atom. The molecule has 0 radical (unpaired) electrons. The van der Waals surface area contributed by atoms with E-state index in [0.717, 1.165) is 16.3 Å². The molecule has 0 aliphatic rings. The van der Waals surface area contributed by atoms with Gasteiger partial charge in [0.25, 0.3) is 5.91 Å². The fourth-order valence-corrected chi connectivity index (χ4v) is 3.67. The third-order valence-corrected chi connectivity index (χ3v) is 5.32. The molecular weight excluding hydrogens is 362 g/mol. The molecule has 27 heavy (non-hydrogen) atoms. The lowest BCUT2D eigenvalue weighted by Gasteiger charge is -2.18. The molecule has 0 fully saturated rings. The predicted octanol–water partition coefficient (Wildman–Crippen LogP) is 4.02. The first kappa shape index (κ1) is 18.8. The molecule has 0 saturated heterocycles. The van der Waals surface area contributed by atoms with Gasteiger partial charge in [0.05, 0.1) is 31.6 Å². The highest BCUT2D eigenvalue weighted by atomic mass is 32.1. The van der Waals surface area contributed by atoms with Crippen LogP contribution in [0.1, 0.15) is 33.9 Å². The normalized spacial score (nSPS) is 11.7. The zero-order valence-corrected chi connectivity index (χ0v) is 16.5. The van der Waals surface area contributed by atoms with E-state index in [2.05, 4.69) is 15.3 Å². The van der Waals surface area contributed by atoms with E-state index >= 15 is 0 Å². The Balaban J connectivity index is 1.83. The Hall–Kier alpha value is -2.93. The van der Waals surface area contributed by atoms with Crippen molar-refractivity contribution < 1.29 is 14.3 Å². The summed E-state index contributed by atoms with van der Waals surface area (Å²) in [6.45, 7) is 3.74. The molecule has 0 aliphatic carbocycles. The number of thiazole rings is 1. The number of aryl methyl sites for hydroxylation is 1. The lowest BCUT2D eigenvalue weighted by Crippen LogP contribution is -2.26. The van der Waals surface area contributed by atoms with Gasteiger partial charge in [-0.05, 0) is 44.2 Å². The molecule has 0 aliphatic heterocycles. The van der Waals surface area contributed by atoms with Crippen LogP contribution in [0.15, 0.2) is 42.6 Å². The monoisotopic (exact) mass is 383 g/mol. The molecule has 3 aromatic rings. The van der Waals surface area contributed by atoms with Crippen molar-refractivity contribution in [2.24, 2.45) is 0 Å². The summed E-state index contributed by atoms with van der Waals surface area (Å²) in [6.07, 6.45) is 1.71. The summed E-state index contributed by atoms with van der Waals surface area (Å²) in [6, 6.07) is 10.9. The number of hydrogen-bond acceptors (Lipinski definition) is 6. The molecule has 0 saturated carbocycles. The van der Waals surface area contributed by atoms with Gasteiger partial charge in [0, 0.05) is 11.8 Å². The third kappa shape index (κ3) is 4.09. The van der Waals surface area contributed by atoms with Gasteiger partial charge in [0.2, 0.25) is 0 Å². The molecule has 3 rings (SSSR count). The summed E-state index contributed by atoms with van der Waals surface area (Å²) in [5, 5.41) is 3.75. The number of benzene rings is 1. The van der Waals surface area contributed by atoms with Gasteiger partial charge in [0.15, 0.2) is 0 Å². The van der Waals surface area contributed by atoms with Gasteiger partial charge < -0.3 is 14.8 Å². The number of methoxy groups -OCH3 is 2. The highest BCUT2D eigenvalue weighted by Crippen LogP contribution is 2.31. The summed E-state index contributed by atoms with van der Waals surface area (Å²) in [7, 11) is 3.21. The van der Waals surface area contributed by atoms with E-state index < -0.39 is 0 Å². The van der Waals surface area contributed by atoms with Crippen LogP contribution in [0.3, 0.4) is 0 Å². The lowest BCUT2D eigenvalue weighted by atomic mass is 10.1. The molecule has 2 heterocycles. The van der Waals surface area contributed by atoms with Crippen molar-refractivity contribution >= 4 is 17.2 Å². The summed E-state index contributed by atoms with van der Waals surface area (Å²) in [5.74, 6) is 1.22. The second-order valence-corrected chi connectivity index (χ2v) is 6.95. The molecule has 140 valence electrons. The topological polar surface area (TPSA) is 73.3 Å². The van der Waals surface area contributed by atoms with E-state index in [-0.39, 0.29) is 11.9 Å². The predicted molar refractivity (Wildman–Crippen MR) is 106 cm³/mol. The fourth-order valence-electron chi connectivity index (χ4n) is 2.72. The van der Waals surface area contributed by atoms with Crippen molar-refractivity contribution in [3.05, 3.63) is 58.7 Å². The molecule has 1 atom stereocenters. The Morgan fingerprint density at radius 1 is 1.19 bits per heavy atom. The maximum atomic E-state index is 12.8. The number of nitrogens with zero attached hydrogens (tertiary/aromatic N) is 2. The van der Waals surface area contributed by atoms with Gasteiger partial charge in [-0.25, -0.2) is 4.98 Å². The van der Waals surface area contributed by atoms with E-state index in [1.54, 1.807) is 20.4 Å². The molecule has 6 nitrogen and oxygen atoms in total. The van der Waals surface area contributed by atoms with Crippen LogP contribution >= 0.6 is 11.3 Å². The number of pyridine rings is 1. The number of hydrogen-bond donors (Lipinski definition) is 1. The summed E-state index contributed by atoms with van der Waals surface area (Å²) < 4.78 is 10.7. The number of carbonyl (C=O) groups is 1. The summed E-state index contributed by atoms with van der Waals surface area (Å²) in [5.41, 5.74) is 2.28. The average Bonchev–Trinajstić information content (AvgIpc) is 3.09. The molecular formula is C20H21N3O3S. The van der Waals surface area contributed by atoms with Crippen LogP contribution in [0.2, 0.25) is 0 Å². The molecule has 1 N–H and O–H groups in total. The second-order valence-electron chi connectivity index (χ2n) is 5.95. The zero-order valence-electron chi connectivity index (χ0n) is 15.6. The van der Waals surface area contributed by atoms with E-state index in [4.69, 9.17) is 9.47 Å². The fraction of sp³-hybridized carbons (Fsp3) is 0.250. The molecule has 2 aromatic heterocycles. The number of aromatic nitrogens is 2. The molecule has 0 bridgehead atoms. The lowest BCUT2D eigenvalue weighted by molar-refractivity contribution is 0.0942. The largest absolute Gasteiger partial charge is 0.497 e. The van der Waals surface area contributed by atoms with Crippen LogP contribution in [-0.2, 0) is 0 Å². The van der Waals surface area contributed by atoms with Crippen molar-refractivity contribution in [1.29, 1.82) is 0 Å². The van der Waals surface area contributed by atoms with Gasteiger partial charge in [-0.1, -0.05) is 6.07 Å². The minimum atomic E-state index is -0.262. The van der Waals surface area contributed by atoms with Crippen molar-refractivity contribution in [1.82, 2.24) is 15.3 Å². The van der Waals surface area contributed by atoms with Gasteiger partial charge >= 0.3 is 0 Å². The maximum Gasteiger partial charge on any atom is 0.263 e. The molecule has 1 aromatic carbocycles. The number of ether oxygens (including phenoxy) is 2. The first-order valence-corrected chi connectivity index (χ1v) is 9.26. The quantitative estimate of drug-likeness (QED) is 0.696. The van der Waals surface area contributed by atoms with E-state index in [0.29, 0.717) is 22.1 Å². The molecule has 0 unspecified atom stereocenters. The van der Waals surface area contributed by atoms with Crippen LogP contribution in [0.25, 0.3) is 10.7 Å². The van der Waals surface area contributed by atoms with Gasteiger partial charge in [-0.3, -0.25) is 9.78 Å². The molecule has 7 heteroatoms. The SMILES string of the molecule is COc1ccc(OC)c([C@@H](C)NC(=O)c2sc(-c3ccccn3)nc2C)c1. The Bertz CT molecular complexity index is 941. The van der Waals surface area contributed by atoms with Crippen LogP contribution in [0.5, 0.6) is 11.5 Å². The van der Waals surface area contributed by atoms with Crippen molar-refractivity contribution in [3.63, 3.8) is 0 Å². The van der Waals surface area contributed by atoms with Gasteiger partial charge in [0.1, 0.15) is 21.4 Å². The Labute approximate surface area is 162 Å². The van der Waals surface area contributed by atoms with Crippen LogP contribution in [0, 0.1) is 6.92 Å². The highest BCUT2D eigenvalue weighted by molar-refractivity contribution is 7.17. The Kier molecular flexibility index (Phi) is 5.71. The smallest absolute Gasteiger partial charge is 0.263 e. The first-order chi connectivity index (χ1) is 13.0. The van der Waals surface area contributed by atoms with Crippen molar-refractivity contribution in [2.75, 3.05) is 14.2 Å². The summed E-state index contributed by atoms with van der Waals surface area (Å²) in [4.78, 5) is 22.2. The Morgan fingerprint density at radius 3 is 2.67 bits per heavy atom.